The van der Waals surface area contributed by atoms with E-state index in [9.17, 15) is 14.9 Å². The molecule has 7 nitrogen and oxygen atoms in total. The molecule has 0 heterocycles. The summed E-state index contributed by atoms with van der Waals surface area (Å²) in [5, 5.41) is 12.4. The smallest absolute Gasteiger partial charge is 0.294 e. The molecule has 1 aliphatic carbocycles. The molecular weight excluding hydrogens is 262 g/mol. The number of carbonyl (C=O) groups is 1. The molecule has 0 aromatic heterocycles. The van der Waals surface area contributed by atoms with Crippen molar-refractivity contribution in [1.82, 2.24) is 5.32 Å². The molecule has 1 amide bonds. The normalized spacial score (nSPS) is 23.1. The lowest BCUT2D eigenvalue weighted by atomic mass is 9.85. The summed E-state index contributed by atoms with van der Waals surface area (Å²) in [5.74, 6) is 0.327. The zero-order chi connectivity index (χ0) is 15.2. The molecule has 1 saturated carbocycles. The van der Waals surface area contributed by atoms with Crippen LogP contribution in [-0.4, -0.2) is 30.2 Å². The van der Waals surface area contributed by atoms with Gasteiger partial charge in [0.05, 0.1) is 0 Å². The molecule has 1 fully saturated rings. The molecule has 3 N–H and O–H groups in total. The van der Waals surface area contributed by atoms with Crippen molar-refractivity contribution in [2.75, 3.05) is 13.1 Å². The van der Waals surface area contributed by atoms with E-state index < -0.39 is 5.09 Å². The van der Waals surface area contributed by atoms with Crippen molar-refractivity contribution in [2.45, 2.75) is 52.1 Å². The predicted octanol–water partition coefficient (Wildman–Crippen LogP) is 1.24. The lowest BCUT2D eigenvalue weighted by Crippen LogP contribution is -2.39. The summed E-state index contributed by atoms with van der Waals surface area (Å²) >= 11 is 0. The molecule has 1 rings (SSSR count). The third kappa shape index (κ3) is 6.18. The average molecular weight is 287 g/mol. The van der Waals surface area contributed by atoms with E-state index in [4.69, 9.17) is 5.73 Å². The maximum Gasteiger partial charge on any atom is 0.294 e. The third-order valence-corrected chi connectivity index (χ3v) is 3.82. The summed E-state index contributed by atoms with van der Waals surface area (Å²) < 4.78 is 0. The maximum atomic E-state index is 11.8. The first-order valence-electron chi connectivity index (χ1n) is 7.10. The van der Waals surface area contributed by atoms with Crippen molar-refractivity contribution in [3.8, 4) is 0 Å². The van der Waals surface area contributed by atoms with Crippen LogP contribution in [0.3, 0.4) is 0 Å². The monoisotopic (exact) mass is 287 g/mol. The zero-order valence-corrected chi connectivity index (χ0v) is 12.3. The third-order valence-electron chi connectivity index (χ3n) is 3.82. The Morgan fingerprint density at radius 1 is 1.40 bits per heavy atom. The minimum Gasteiger partial charge on any atom is -0.356 e. The molecule has 0 aromatic rings. The molecule has 0 atom stereocenters. The molecule has 116 valence electrons. The number of nitrogens with one attached hydrogen (secondary N) is 1. The minimum atomic E-state index is -0.730. The second-order valence-corrected chi connectivity index (χ2v) is 6.32. The minimum absolute atomic E-state index is 0.0326. The average Bonchev–Trinajstić information content (AvgIpc) is 2.38. The van der Waals surface area contributed by atoms with Gasteiger partial charge in [0.25, 0.3) is 5.09 Å². The van der Waals surface area contributed by atoms with Crippen molar-refractivity contribution in [3.05, 3.63) is 10.1 Å². The van der Waals surface area contributed by atoms with Gasteiger partial charge in [-0.15, -0.1) is 10.1 Å². The Bertz CT molecular complexity index is 339. The number of hydrogen-bond acceptors (Lipinski definition) is 5. The Labute approximate surface area is 119 Å². The second-order valence-electron chi connectivity index (χ2n) is 6.32. The SMILES string of the molecule is CC(C)(CN)CNC(=O)CC1CCC(O[N+](=O)[O-])CC1. The van der Waals surface area contributed by atoms with Gasteiger partial charge < -0.3 is 15.9 Å². The molecule has 0 bridgehead atoms. The molecule has 0 aliphatic heterocycles. The lowest BCUT2D eigenvalue weighted by Gasteiger charge is -2.27. The van der Waals surface area contributed by atoms with E-state index in [0.717, 1.165) is 12.8 Å². The van der Waals surface area contributed by atoms with Gasteiger partial charge in [0, 0.05) is 13.0 Å². The van der Waals surface area contributed by atoms with Crippen LogP contribution < -0.4 is 11.1 Å². The highest BCUT2D eigenvalue weighted by atomic mass is 17.0. The van der Waals surface area contributed by atoms with Crippen LogP contribution in [-0.2, 0) is 9.63 Å². The number of nitrogens with zero attached hydrogens (tertiary/aromatic N) is 1. The van der Waals surface area contributed by atoms with Crippen LogP contribution >= 0.6 is 0 Å². The lowest BCUT2D eigenvalue weighted by molar-refractivity contribution is -0.769. The van der Waals surface area contributed by atoms with Crippen LogP contribution in [0.5, 0.6) is 0 Å². The van der Waals surface area contributed by atoms with Crippen LogP contribution in [0.1, 0.15) is 46.0 Å². The highest BCUT2D eigenvalue weighted by Gasteiger charge is 2.25. The molecule has 20 heavy (non-hydrogen) atoms. The Balaban J connectivity index is 2.23. The van der Waals surface area contributed by atoms with Crippen LogP contribution in [0.4, 0.5) is 0 Å². The van der Waals surface area contributed by atoms with Crippen LogP contribution in [0.2, 0.25) is 0 Å². The number of rotatable bonds is 7. The molecule has 0 unspecified atom stereocenters. The van der Waals surface area contributed by atoms with E-state index in [0.29, 0.717) is 38.3 Å². The Kier molecular flexibility index (Phi) is 6.19. The number of hydrogen-bond donors (Lipinski definition) is 2. The molecule has 7 heteroatoms. The Morgan fingerprint density at radius 3 is 2.50 bits per heavy atom. The summed E-state index contributed by atoms with van der Waals surface area (Å²) in [6, 6.07) is 0. The Hall–Kier alpha value is -1.37. The zero-order valence-electron chi connectivity index (χ0n) is 12.3. The van der Waals surface area contributed by atoms with E-state index in [1.807, 2.05) is 13.8 Å². The maximum absolute atomic E-state index is 11.8. The van der Waals surface area contributed by atoms with Crippen molar-refractivity contribution in [1.29, 1.82) is 0 Å². The van der Waals surface area contributed by atoms with Gasteiger partial charge in [-0.25, -0.2) is 0 Å². The van der Waals surface area contributed by atoms with E-state index in [-0.39, 0.29) is 17.4 Å². The summed E-state index contributed by atoms with van der Waals surface area (Å²) in [6.45, 7) is 5.11. The summed E-state index contributed by atoms with van der Waals surface area (Å²) in [5.41, 5.74) is 5.52. The van der Waals surface area contributed by atoms with Crippen molar-refractivity contribution >= 4 is 5.91 Å². The van der Waals surface area contributed by atoms with Crippen LogP contribution in [0.15, 0.2) is 0 Å². The quantitative estimate of drug-likeness (QED) is 0.541. The van der Waals surface area contributed by atoms with Crippen LogP contribution in [0, 0.1) is 21.4 Å². The highest BCUT2D eigenvalue weighted by Crippen LogP contribution is 2.28. The molecule has 0 spiro atoms. The Morgan fingerprint density at radius 2 is 2.00 bits per heavy atom. The van der Waals surface area contributed by atoms with Gasteiger partial charge in [0.15, 0.2) is 0 Å². The largest absolute Gasteiger partial charge is 0.356 e. The first-order valence-corrected chi connectivity index (χ1v) is 7.10. The molecular formula is C13H25N3O4. The fraction of sp³-hybridized carbons (Fsp3) is 0.923. The van der Waals surface area contributed by atoms with Gasteiger partial charge in [-0.1, -0.05) is 13.8 Å². The van der Waals surface area contributed by atoms with Gasteiger partial charge >= 0.3 is 0 Å². The van der Waals surface area contributed by atoms with E-state index in [1.54, 1.807) is 0 Å². The summed E-state index contributed by atoms with van der Waals surface area (Å²) in [4.78, 5) is 26.6. The topological polar surface area (TPSA) is 107 Å². The fourth-order valence-corrected chi connectivity index (χ4v) is 2.31. The standard InChI is InChI=1S/C13H25N3O4/c1-13(2,8-14)9-15-12(17)7-10-3-5-11(6-4-10)20-16(18)19/h10-11H,3-9,14H2,1-2H3,(H,15,17). The van der Waals surface area contributed by atoms with Gasteiger partial charge in [-0.3, -0.25) is 4.79 Å². The van der Waals surface area contributed by atoms with E-state index in [1.165, 1.54) is 0 Å². The van der Waals surface area contributed by atoms with Crippen molar-refractivity contribution < 1.29 is 14.7 Å². The molecule has 0 radical (unpaired) electrons. The van der Waals surface area contributed by atoms with E-state index >= 15 is 0 Å². The molecule has 0 aromatic carbocycles. The highest BCUT2D eigenvalue weighted by molar-refractivity contribution is 5.76. The van der Waals surface area contributed by atoms with Crippen molar-refractivity contribution in [2.24, 2.45) is 17.1 Å². The second kappa shape index (κ2) is 7.42. The van der Waals surface area contributed by atoms with Crippen LogP contribution in [0.25, 0.3) is 0 Å². The first-order chi connectivity index (χ1) is 9.32. The number of nitrogens with two attached hydrogens (primary N) is 1. The summed E-state index contributed by atoms with van der Waals surface area (Å²) in [7, 11) is 0. The fourth-order valence-electron chi connectivity index (χ4n) is 2.31. The van der Waals surface area contributed by atoms with Gasteiger partial charge in [-0.05, 0) is 43.6 Å². The number of carbonyl (C=O) groups excluding carboxylic acids is 1. The van der Waals surface area contributed by atoms with Crippen molar-refractivity contribution in [3.63, 3.8) is 0 Å². The summed E-state index contributed by atoms with van der Waals surface area (Å²) in [6.07, 6.45) is 3.06. The molecule has 1 aliphatic rings. The van der Waals surface area contributed by atoms with E-state index in [2.05, 4.69) is 10.2 Å². The molecule has 0 saturated heterocycles. The van der Waals surface area contributed by atoms with Gasteiger partial charge in [0.2, 0.25) is 5.91 Å². The predicted molar refractivity (Wildman–Crippen MR) is 74.3 cm³/mol. The van der Waals surface area contributed by atoms with Gasteiger partial charge in [0.1, 0.15) is 6.10 Å². The number of amides is 1. The first kappa shape index (κ1) is 16.7. The van der Waals surface area contributed by atoms with Gasteiger partial charge in [-0.2, -0.15) is 0 Å².